The van der Waals surface area contributed by atoms with Gasteiger partial charge >= 0.3 is 0 Å². The van der Waals surface area contributed by atoms with Gasteiger partial charge in [-0.05, 0) is 37.1 Å². The van der Waals surface area contributed by atoms with Crippen molar-refractivity contribution in [3.8, 4) is 0 Å². The van der Waals surface area contributed by atoms with Crippen LogP contribution in [-0.4, -0.2) is 35.5 Å². The van der Waals surface area contributed by atoms with Crippen LogP contribution in [0.3, 0.4) is 0 Å². The Morgan fingerprint density at radius 3 is 2.13 bits per heavy atom. The van der Waals surface area contributed by atoms with Crippen molar-refractivity contribution in [2.75, 3.05) is 13.1 Å². The normalized spacial score (nSPS) is 14.0. The molecule has 0 spiro atoms. The van der Waals surface area contributed by atoms with E-state index in [0.29, 0.717) is 5.56 Å². The largest absolute Gasteiger partial charge is 0.317 e. The van der Waals surface area contributed by atoms with Crippen LogP contribution in [0, 0.1) is 0 Å². The number of hydrazone groups is 1. The average molecular weight is 405 g/mol. The zero-order chi connectivity index (χ0) is 21.3. The van der Waals surface area contributed by atoms with Gasteiger partial charge in [-0.15, -0.1) is 0 Å². The topological polar surface area (TPSA) is 73.8 Å². The van der Waals surface area contributed by atoms with Crippen LogP contribution in [0.5, 0.6) is 0 Å². The van der Waals surface area contributed by atoms with Gasteiger partial charge in [-0.2, -0.15) is 5.10 Å². The summed E-state index contributed by atoms with van der Waals surface area (Å²) in [6.45, 7) is 6.31. The third kappa shape index (κ3) is 6.12. The fourth-order valence-electron chi connectivity index (χ4n) is 3.29. The van der Waals surface area contributed by atoms with Crippen molar-refractivity contribution in [1.29, 1.82) is 0 Å². The number of likely N-dealkylation sites (tertiary alicyclic amines) is 1. The highest BCUT2D eigenvalue weighted by Crippen LogP contribution is 2.12. The number of nitrogens with zero attached hydrogens (tertiary/aromatic N) is 2. The molecule has 156 valence electrons. The van der Waals surface area contributed by atoms with Gasteiger partial charge in [0, 0.05) is 43.8 Å². The lowest BCUT2D eigenvalue weighted by atomic mass is 10.1. The number of benzene rings is 2. The molecule has 0 unspecified atom stereocenters. The molecule has 1 heterocycles. The number of nitrogens with one attached hydrogen (secondary N) is 2. The fourth-order valence-corrected chi connectivity index (χ4v) is 3.29. The van der Waals surface area contributed by atoms with Gasteiger partial charge in [-0.3, -0.25) is 14.5 Å². The monoisotopic (exact) mass is 404 g/mol. The third-order valence-electron chi connectivity index (χ3n) is 5.00. The summed E-state index contributed by atoms with van der Waals surface area (Å²) in [6, 6.07) is 19.2. The van der Waals surface area contributed by atoms with E-state index >= 15 is 0 Å². The molecular formula is C24H28N4O2. The summed E-state index contributed by atoms with van der Waals surface area (Å²) >= 11 is 0. The average Bonchev–Trinajstić information content (AvgIpc) is 2.77. The number of hydrogen-bond acceptors (Lipinski definition) is 4. The second-order valence-electron chi connectivity index (χ2n) is 7.58. The Hall–Kier alpha value is -3.25. The van der Waals surface area contributed by atoms with Gasteiger partial charge in [0.1, 0.15) is 5.70 Å². The van der Waals surface area contributed by atoms with E-state index in [-0.39, 0.29) is 11.6 Å². The van der Waals surface area contributed by atoms with Crippen molar-refractivity contribution < 1.29 is 9.59 Å². The first-order valence-electron chi connectivity index (χ1n) is 10.2. The molecular weight excluding hydrogens is 376 g/mol. The van der Waals surface area contributed by atoms with Crippen LogP contribution >= 0.6 is 0 Å². The SMILES string of the molecule is CC(C)=C(NC(=O)c1ccccc1)C(=O)NN=C1CCN(Cc2ccccc2)CC1. The predicted octanol–water partition coefficient (Wildman–Crippen LogP) is 3.48. The van der Waals surface area contributed by atoms with Crippen molar-refractivity contribution in [3.05, 3.63) is 83.1 Å². The van der Waals surface area contributed by atoms with E-state index in [4.69, 9.17) is 0 Å². The van der Waals surface area contributed by atoms with E-state index < -0.39 is 5.91 Å². The van der Waals surface area contributed by atoms with E-state index in [0.717, 1.165) is 43.8 Å². The second kappa shape index (κ2) is 10.5. The summed E-state index contributed by atoms with van der Waals surface area (Å²) in [5, 5.41) is 7.02. The van der Waals surface area contributed by atoms with Crippen LogP contribution in [0.2, 0.25) is 0 Å². The Kier molecular flexibility index (Phi) is 7.51. The number of hydrogen-bond donors (Lipinski definition) is 2. The smallest absolute Gasteiger partial charge is 0.287 e. The molecule has 1 saturated heterocycles. The zero-order valence-electron chi connectivity index (χ0n) is 17.5. The van der Waals surface area contributed by atoms with Gasteiger partial charge in [-0.1, -0.05) is 48.5 Å². The van der Waals surface area contributed by atoms with Crippen LogP contribution < -0.4 is 10.7 Å². The zero-order valence-corrected chi connectivity index (χ0v) is 17.5. The molecule has 0 aliphatic carbocycles. The minimum Gasteiger partial charge on any atom is -0.317 e. The summed E-state index contributed by atoms with van der Waals surface area (Å²) in [6.07, 6.45) is 1.63. The summed E-state index contributed by atoms with van der Waals surface area (Å²) < 4.78 is 0. The minimum absolute atomic E-state index is 0.231. The maximum Gasteiger partial charge on any atom is 0.287 e. The molecule has 2 aromatic rings. The van der Waals surface area contributed by atoms with Gasteiger partial charge in [0.25, 0.3) is 11.8 Å². The number of rotatable bonds is 6. The van der Waals surface area contributed by atoms with Crippen molar-refractivity contribution in [3.63, 3.8) is 0 Å². The molecule has 6 nitrogen and oxygen atoms in total. The van der Waals surface area contributed by atoms with E-state index in [1.54, 1.807) is 38.1 Å². The molecule has 0 bridgehead atoms. The third-order valence-corrected chi connectivity index (χ3v) is 5.00. The van der Waals surface area contributed by atoms with Crippen molar-refractivity contribution in [1.82, 2.24) is 15.6 Å². The molecule has 2 amide bonds. The lowest BCUT2D eigenvalue weighted by molar-refractivity contribution is -0.117. The Labute approximate surface area is 177 Å². The molecule has 0 radical (unpaired) electrons. The first kappa shape index (κ1) is 21.5. The van der Waals surface area contributed by atoms with E-state index in [1.807, 2.05) is 12.1 Å². The Bertz CT molecular complexity index is 922. The van der Waals surface area contributed by atoms with Gasteiger partial charge < -0.3 is 5.32 Å². The second-order valence-corrected chi connectivity index (χ2v) is 7.58. The van der Waals surface area contributed by atoms with Crippen molar-refractivity contribution >= 4 is 17.5 Å². The molecule has 6 heteroatoms. The molecule has 30 heavy (non-hydrogen) atoms. The lowest BCUT2D eigenvalue weighted by Crippen LogP contribution is -2.36. The van der Waals surface area contributed by atoms with Gasteiger partial charge in [0.05, 0.1) is 0 Å². The Balaban J connectivity index is 1.52. The maximum absolute atomic E-state index is 12.6. The van der Waals surface area contributed by atoms with Crippen LogP contribution in [0.15, 0.2) is 77.0 Å². The number of carbonyl (C=O) groups is 2. The highest BCUT2D eigenvalue weighted by Gasteiger charge is 2.18. The quantitative estimate of drug-likeness (QED) is 0.572. The van der Waals surface area contributed by atoms with E-state index in [2.05, 4.69) is 45.0 Å². The summed E-state index contributed by atoms with van der Waals surface area (Å²) in [5.41, 5.74) is 6.33. The number of carbonyl (C=O) groups excluding carboxylic acids is 2. The molecule has 3 rings (SSSR count). The summed E-state index contributed by atoms with van der Waals surface area (Å²) in [7, 11) is 0. The highest BCUT2D eigenvalue weighted by molar-refractivity contribution is 6.03. The van der Waals surface area contributed by atoms with E-state index in [9.17, 15) is 9.59 Å². The fraction of sp³-hybridized carbons (Fsp3) is 0.292. The molecule has 2 aromatic carbocycles. The molecule has 1 fully saturated rings. The molecule has 0 saturated carbocycles. The molecule has 1 aliphatic rings. The Morgan fingerprint density at radius 1 is 0.933 bits per heavy atom. The van der Waals surface area contributed by atoms with Crippen molar-refractivity contribution in [2.45, 2.75) is 33.2 Å². The molecule has 2 N–H and O–H groups in total. The molecule has 1 aliphatic heterocycles. The van der Waals surface area contributed by atoms with Gasteiger partial charge in [-0.25, -0.2) is 5.43 Å². The van der Waals surface area contributed by atoms with Crippen LogP contribution in [0.1, 0.15) is 42.6 Å². The maximum atomic E-state index is 12.6. The first-order chi connectivity index (χ1) is 14.5. The highest BCUT2D eigenvalue weighted by atomic mass is 16.2. The number of piperidine rings is 1. The van der Waals surface area contributed by atoms with Gasteiger partial charge in [0.15, 0.2) is 0 Å². The first-order valence-corrected chi connectivity index (χ1v) is 10.2. The predicted molar refractivity (Wildman–Crippen MR) is 119 cm³/mol. The molecule has 0 aromatic heterocycles. The number of amides is 2. The van der Waals surface area contributed by atoms with E-state index in [1.165, 1.54) is 5.56 Å². The van der Waals surface area contributed by atoms with Crippen LogP contribution in [0.25, 0.3) is 0 Å². The molecule has 0 atom stereocenters. The lowest BCUT2D eigenvalue weighted by Gasteiger charge is -2.27. The Morgan fingerprint density at radius 2 is 1.53 bits per heavy atom. The van der Waals surface area contributed by atoms with Crippen LogP contribution in [-0.2, 0) is 11.3 Å². The van der Waals surface area contributed by atoms with Crippen LogP contribution in [0.4, 0.5) is 0 Å². The minimum atomic E-state index is -0.404. The van der Waals surface area contributed by atoms with Gasteiger partial charge in [0.2, 0.25) is 0 Å². The number of allylic oxidation sites excluding steroid dienone is 1. The standard InChI is InChI=1S/C24H28N4O2/c1-18(2)22(25-23(29)20-11-7-4-8-12-20)24(30)27-26-21-13-15-28(16-14-21)17-19-9-5-3-6-10-19/h3-12H,13-17H2,1-2H3,(H,25,29)(H,27,30). The summed E-state index contributed by atoms with van der Waals surface area (Å²) in [5.74, 6) is -0.720. The van der Waals surface area contributed by atoms with Crippen molar-refractivity contribution in [2.24, 2.45) is 5.10 Å². The summed E-state index contributed by atoms with van der Waals surface area (Å²) in [4.78, 5) is 27.4.